The summed E-state index contributed by atoms with van der Waals surface area (Å²) in [6, 6.07) is 0. The normalized spacial score (nSPS) is 30.7. The van der Waals surface area contributed by atoms with Crippen LogP contribution in [-0.4, -0.2) is 19.4 Å². The van der Waals surface area contributed by atoms with Crippen molar-refractivity contribution in [2.24, 2.45) is 0 Å². The fraction of sp³-hybridized carbons (Fsp3) is 1.00. The molecule has 0 aromatic heterocycles. The van der Waals surface area contributed by atoms with Gasteiger partial charge in [-0.3, -0.25) is 0 Å². The van der Waals surface area contributed by atoms with Crippen LogP contribution in [0, 0.1) is 0 Å². The van der Waals surface area contributed by atoms with Gasteiger partial charge >= 0.3 is 0 Å². The van der Waals surface area contributed by atoms with Crippen LogP contribution < -0.4 is 0 Å². The van der Waals surface area contributed by atoms with Crippen LogP contribution >= 0.6 is 0 Å². The van der Waals surface area contributed by atoms with Crippen molar-refractivity contribution in [3.63, 3.8) is 0 Å². The Morgan fingerprint density at radius 3 is 2.60 bits per heavy atom. The van der Waals surface area contributed by atoms with Crippen LogP contribution in [0.4, 0.5) is 0 Å². The summed E-state index contributed by atoms with van der Waals surface area (Å²) in [5.41, 5.74) is 0. The van der Waals surface area contributed by atoms with Gasteiger partial charge in [-0.25, -0.2) is 8.42 Å². The Bertz CT molecular complexity index is 194. The molecule has 0 aromatic carbocycles. The molecule has 0 N–H and O–H groups in total. The third-order valence-corrected chi connectivity index (χ3v) is 4.42. The molecule has 1 rings (SSSR count). The van der Waals surface area contributed by atoms with Gasteiger partial charge in [-0.05, 0) is 19.3 Å². The summed E-state index contributed by atoms with van der Waals surface area (Å²) in [6.45, 7) is 2.04. The van der Waals surface area contributed by atoms with E-state index in [1.165, 1.54) is 0 Å². The smallest absolute Gasteiger partial charge is 0.153 e. The highest BCUT2D eigenvalue weighted by Gasteiger charge is 2.29. The van der Waals surface area contributed by atoms with E-state index in [0.717, 1.165) is 25.7 Å². The Hall–Kier alpha value is -0.0500. The molecule has 0 aromatic rings. The van der Waals surface area contributed by atoms with E-state index in [2.05, 4.69) is 0 Å². The van der Waals surface area contributed by atoms with Gasteiger partial charge in [-0.1, -0.05) is 13.3 Å². The molecule has 1 saturated heterocycles. The van der Waals surface area contributed by atoms with Crippen molar-refractivity contribution in [2.75, 3.05) is 5.75 Å². The molecule has 2 nitrogen and oxygen atoms in total. The zero-order valence-corrected chi connectivity index (χ0v) is 7.15. The molecule has 10 heavy (non-hydrogen) atoms. The second kappa shape index (κ2) is 2.91. The molecule has 1 atom stereocenters. The maximum atomic E-state index is 11.2. The zero-order valence-electron chi connectivity index (χ0n) is 6.34. The van der Waals surface area contributed by atoms with Crippen molar-refractivity contribution in [1.82, 2.24) is 0 Å². The Morgan fingerprint density at radius 2 is 2.20 bits per heavy atom. The Labute approximate surface area is 62.5 Å². The molecule has 0 aliphatic carbocycles. The average Bonchev–Trinajstić information content (AvgIpc) is 2.13. The first-order valence-corrected chi connectivity index (χ1v) is 5.60. The lowest BCUT2D eigenvalue weighted by molar-refractivity contribution is 0.580. The molecular weight excluding hydrogens is 148 g/mol. The second-order valence-electron chi connectivity index (χ2n) is 2.92. The van der Waals surface area contributed by atoms with Gasteiger partial charge in [0.1, 0.15) is 0 Å². The minimum absolute atomic E-state index is 0.00231. The van der Waals surface area contributed by atoms with Crippen molar-refractivity contribution in [1.29, 1.82) is 0 Å². The lowest BCUT2D eigenvalue weighted by Crippen LogP contribution is -2.14. The van der Waals surface area contributed by atoms with Gasteiger partial charge in [-0.2, -0.15) is 0 Å². The van der Waals surface area contributed by atoms with Gasteiger partial charge in [0.25, 0.3) is 0 Å². The van der Waals surface area contributed by atoms with Gasteiger partial charge in [-0.15, -0.1) is 0 Å². The quantitative estimate of drug-likeness (QED) is 0.614. The van der Waals surface area contributed by atoms with Gasteiger partial charge < -0.3 is 0 Å². The lowest BCUT2D eigenvalue weighted by Gasteiger charge is -2.05. The first-order chi connectivity index (χ1) is 4.67. The number of rotatable bonds is 2. The van der Waals surface area contributed by atoms with Crippen molar-refractivity contribution in [3.05, 3.63) is 0 Å². The summed E-state index contributed by atoms with van der Waals surface area (Å²) in [4.78, 5) is 0. The summed E-state index contributed by atoms with van der Waals surface area (Å²) in [5.74, 6) is 0.428. The summed E-state index contributed by atoms with van der Waals surface area (Å²) in [7, 11) is -2.65. The lowest BCUT2D eigenvalue weighted by atomic mass is 10.2. The van der Waals surface area contributed by atoms with Gasteiger partial charge in [0.2, 0.25) is 0 Å². The number of hydrogen-bond donors (Lipinski definition) is 0. The predicted molar refractivity (Wildman–Crippen MR) is 41.7 cm³/mol. The first-order valence-electron chi connectivity index (χ1n) is 3.88. The molecule has 1 aliphatic rings. The SMILES string of the molecule is CCCC1CCCS1(=O)=O. The highest BCUT2D eigenvalue weighted by atomic mass is 32.2. The Kier molecular flexibility index (Phi) is 2.34. The summed E-state index contributed by atoms with van der Waals surface area (Å²) >= 11 is 0. The monoisotopic (exact) mass is 162 g/mol. The van der Waals surface area contributed by atoms with Gasteiger partial charge in [0, 0.05) is 0 Å². The maximum absolute atomic E-state index is 11.2. The highest BCUT2D eigenvalue weighted by Crippen LogP contribution is 2.23. The highest BCUT2D eigenvalue weighted by molar-refractivity contribution is 7.92. The van der Waals surface area contributed by atoms with E-state index in [-0.39, 0.29) is 5.25 Å². The standard InChI is InChI=1S/C7H14O2S/c1-2-4-7-5-3-6-10(7,8)9/h7H,2-6H2,1H3. The third kappa shape index (κ3) is 1.51. The van der Waals surface area contributed by atoms with Crippen LogP contribution in [0.3, 0.4) is 0 Å². The molecule has 0 saturated carbocycles. The van der Waals surface area contributed by atoms with Gasteiger partial charge in [0.05, 0.1) is 11.0 Å². The van der Waals surface area contributed by atoms with Crippen molar-refractivity contribution in [3.8, 4) is 0 Å². The molecule has 0 spiro atoms. The Morgan fingerprint density at radius 1 is 1.50 bits per heavy atom. The summed E-state index contributed by atoms with van der Waals surface area (Å²) in [5, 5.41) is -0.00231. The van der Waals surface area contributed by atoms with Crippen LogP contribution in [0.2, 0.25) is 0 Å². The molecule has 0 amide bonds. The van der Waals surface area contributed by atoms with E-state index < -0.39 is 9.84 Å². The minimum atomic E-state index is -2.65. The van der Waals surface area contributed by atoms with E-state index in [4.69, 9.17) is 0 Å². The molecule has 1 heterocycles. The van der Waals surface area contributed by atoms with E-state index in [0.29, 0.717) is 5.75 Å². The molecule has 0 radical (unpaired) electrons. The van der Waals surface area contributed by atoms with E-state index >= 15 is 0 Å². The topological polar surface area (TPSA) is 34.1 Å². The average molecular weight is 162 g/mol. The first kappa shape index (κ1) is 8.05. The molecular formula is C7H14O2S. The third-order valence-electron chi connectivity index (χ3n) is 2.07. The van der Waals surface area contributed by atoms with Gasteiger partial charge in [0.15, 0.2) is 9.84 Å². The van der Waals surface area contributed by atoms with Crippen molar-refractivity contribution < 1.29 is 8.42 Å². The molecule has 0 bridgehead atoms. The molecule has 1 unspecified atom stereocenters. The van der Waals surface area contributed by atoms with E-state index in [1.54, 1.807) is 0 Å². The van der Waals surface area contributed by atoms with Crippen LogP contribution in [0.1, 0.15) is 32.6 Å². The molecule has 60 valence electrons. The second-order valence-corrected chi connectivity index (χ2v) is 5.32. The summed E-state index contributed by atoms with van der Waals surface area (Å²) in [6.07, 6.45) is 3.63. The fourth-order valence-corrected chi connectivity index (χ4v) is 3.53. The number of hydrogen-bond acceptors (Lipinski definition) is 2. The zero-order chi connectivity index (χ0) is 7.61. The fourth-order valence-electron chi connectivity index (χ4n) is 1.50. The summed E-state index contributed by atoms with van der Waals surface area (Å²) < 4.78 is 22.3. The predicted octanol–water partition coefficient (Wildman–Crippen LogP) is 1.36. The van der Waals surface area contributed by atoms with Crippen LogP contribution in [0.5, 0.6) is 0 Å². The molecule has 1 fully saturated rings. The van der Waals surface area contributed by atoms with Crippen LogP contribution in [0.15, 0.2) is 0 Å². The van der Waals surface area contributed by atoms with Crippen LogP contribution in [0.25, 0.3) is 0 Å². The molecule has 3 heteroatoms. The van der Waals surface area contributed by atoms with Crippen LogP contribution in [-0.2, 0) is 9.84 Å². The maximum Gasteiger partial charge on any atom is 0.153 e. The van der Waals surface area contributed by atoms with Crippen molar-refractivity contribution in [2.45, 2.75) is 37.9 Å². The van der Waals surface area contributed by atoms with E-state index in [1.807, 2.05) is 6.92 Å². The van der Waals surface area contributed by atoms with E-state index in [9.17, 15) is 8.42 Å². The van der Waals surface area contributed by atoms with Crippen molar-refractivity contribution >= 4 is 9.84 Å². The molecule has 1 aliphatic heterocycles. The minimum Gasteiger partial charge on any atom is -0.229 e. The largest absolute Gasteiger partial charge is 0.229 e. The Balaban J connectivity index is 2.60. The number of sulfone groups is 1.